The first-order chi connectivity index (χ1) is 11.9. The van der Waals surface area contributed by atoms with Gasteiger partial charge in [0, 0.05) is 18.1 Å². The third kappa shape index (κ3) is 4.42. The molecular weight excluding hydrogens is 362 g/mol. The van der Waals surface area contributed by atoms with E-state index in [0.29, 0.717) is 5.69 Å². The Hall–Kier alpha value is -1.93. The minimum absolute atomic E-state index is 0.0546. The molecule has 1 heterocycles. The van der Waals surface area contributed by atoms with E-state index in [1.165, 1.54) is 12.3 Å². The number of nitrogens with one attached hydrogen (secondary N) is 1. The second-order valence-corrected chi connectivity index (χ2v) is 9.32. The van der Waals surface area contributed by atoms with E-state index >= 15 is 0 Å². The second-order valence-electron chi connectivity index (χ2n) is 7.35. The van der Waals surface area contributed by atoms with Crippen molar-refractivity contribution < 1.29 is 22.3 Å². The van der Waals surface area contributed by atoms with Crippen molar-refractivity contribution in [2.45, 2.75) is 51.3 Å². The lowest BCUT2D eigenvalue weighted by Gasteiger charge is -2.33. The van der Waals surface area contributed by atoms with Gasteiger partial charge in [-0.15, -0.1) is 0 Å². The number of ketones is 1. The molecule has 0 spiro atoms. The molecule has 0 saturated heterocycles. The standard InChI is InChI=1S/C18H22F2N2O3S/c1-11-13(10-25-21-11)16(23)9-18(5,22-26(24)17(2,3)4)14-7-6-12(19)8-15(14)20/h6-8,10,22H,9H2,1-5H3/t18-,26?/m0/s1. The first-order valence-corrected chi connectivity index (χ1v) is 9.18. The smallest absolute Gasteiger partial charge is 0.170 e. The molecule has 26 heavy (non-hydrogen) atoms. The summed E-state index contributed by atoms with van der Waals surface area (Å²) in [6.07, 6.45) is 1.01. The van der Waals surface area contributed by atoms with Crippen LogP contribution in [0.5, 0.6) is 0 Å². The Bertz CT molecular complexity index is 845. The van der Waals surface area contributed by atoms with Crippen molar-refractivity contribution >= 4 is 16.8 Å². The molecule has 1 aromatic carbocycles. The number of carbonyl (C=O) groups is 1. The van der Waals surface area contributed by atoms with Gasteiger partial charge in [-0.2, -0.15) is 0 Å². The maximum absolute atomic E-state index is 14.4. The topological polar surface area (TPSA) is 72.2 Å². The Kier molecular flexibility index (Phi) is 5.77. The van der Waals surface area contributed by atoms with Crippen LogP contribution in [0.2, 0.25) is 0 Å². The van der Waals surface area contributed by atoms with E-state index in [2.05, 4.69) is 9.88 Å². The molecule has 0 saturated carbocycles. The minimum atomic E-state index is -1.59. The maximum atomic E-state index is 14.4. The third-order valence-electron chi connectivity index (χ3n) is 3.96. The summed E-state index contributed by atoms with van der Waals surface area (Å²) in [6.45, 7) is 8.44. The van der Waals surface area contributed by atoms with Crippen LogP contribution < -0.4 is 4.72 Å². The molecule has 142 valence electrons. The van der Waals surface area contributed by atoms with E-state index in [4.69, 9.17) is 4.52 Å². The van der Waals surface area contributed by atoms with Crippen molar-refractivity contribution in [2.24, 2.45) is 0 Å². The Morgan fingerprint density at radius 2 is 1.92 bits per heavy atom. The molecule has 0 bridgehead atoms. The van der Waals surface area contributed by atoms with Gasteiger partial charge in [0.15, 0.2) is 5.78 Å². The van der Waals surface area contributed by atoms with E-state index in [0.717, 1.165) is 12.1 Å². The number of aromatic nitrogens is 1. The number of nitrogens with zero attached hydrogens (tertiary/aromatic N) is 1. The quantitative estimate of drug-likeness (QED) is 0.769. The molecule has 1 N–H and O–H groups in total. The molecule has 5 nitrogen and oxygen atoms in total. The third-order valence-corrected chi connectivity index (χ3v) is 5.71. The summed E-state index contributed by atoms with van der Waals surface area (Å²) in [5.41, 5.74) is -0.591. The van der Waals surface area contributed by atoms with Gasteiger partial charge in [0.2, 0.25) is 0 Å². The first-order valence-electron chi connectivity index (χ1n) is 8.03. The number of carbonyl (C=O) groups excluding carboxylic acids is 1. The molecule has 2 atom stereocenters. The van der Waals surface area contributed by atoms with E-state index in [1.807, 2.05) is 0 Å². The second kappa shape index (κ2) is 7.36. The van der Waals surface area contributed by atoms with Crippen molar-refractivity contribution in [3.8, 4) is 0 Å². The number of hydrogen-bond acceptors (Lipinski definition) is 4. The number of Topliss-reactive ketones (excluding diaryl/α,β-unsaturated/α-hetero) is 1. The van der Waals surface area contributed by atoms with Crippen LogP contribution in [0.1, 0.15) is 55.7 Å². The summed E-state index contributed by atoms with van der Waals surface area (Å²) < 4.78 is 47.4. The van der Waals surface area contributed by atoms with Crippen LogP contribution in [0.4, 0.5) is 8.78 Å². The van der Waals surface area contributed by atoms with E-state index in [1.54, 1.807) is 34.6 Å². The summed E-state index contributed by atoms with van der Waals surface area (Å²) in [4.78, 5) is 12.7. The van der Waals surface area contributed by atoms with Gasteiger partial charge in [0.1, 0.15) is 17.9 Å². The van der Waals surface area contributed by atoms with Crippen molar-refractivity contribution in [3.63, 3.8) is 0 Å². The largest absolute Gasteiger partial charge is 0.364 e. The van der Waals surface area contributed by atoms with Gasteiger partial charge >= 0.3 is 0 Å². The number of rotatable bonds is 6. The highest BCUT2D eigenvalue weighted by molar-refractivity contribution is 7.84. The highest BCUT2D eigenvalue weighted by Gasteiger charge is 2.37. The average Bonchev–Trinajstić information content (AvgIpc) is 2.92. The van der Waals surface area contributed by atoms with Gasteiger partial charge in [-0.1, -0.05) is 11.2 Å². The fourth-order valence-corrected chi connectivity index (χ4v) is 3.35. The molecule has 0 amide bonds. The predicted octanol–water partition coefficient (Wildman–Crippen LogP) is 3.80. The SMILES string of the molecule is Cc1nocc1C(=O)C[C@](C)(NS(=O)C(C)(C)C)c1ccc(F)cc1F. The van der Waals surface area contributed by atoms with Gasteiger partial charge in [0.05, 0.1) is 32.5 Å². The lowest BCUT2D eigenvalue weighted by molar-refractivity contribution is 0.0948. The zero-order valence-corrected chi connectivity index (χ0v) is 16.2. The Morgan fingerprint density at radius 1 is 1.27 bits per heavy atom. The Balaban J connectivity index is 2.46. The molecule has 8 heteroatoms. The molecule has 0 aliphatic rings. The van der Waals surface area contributed by atoms with Crippen LogP contribution in [0.3, 0.4) is 0 Å². The fourth-order valence-electron chi connectivity index (χ4n) is 2.46. The average molecular weight is 384 g/mol. The minimum Gasteiger partial charge on any atom is -0.364 e. The normalized spacial score (nSPS) is 15.5. The number of halogens is 2. The highest BCUT2D eigenvalue weighted by atomic mass is 32.2. The molecule has 0 aliphatic heterocycles. The molecular formula is C18H22F2N2O3S. The van der Waals surface area contributed by atoms with Crippen LogP contribution >= 0.6 is 0 Å². The van der Waals surface area contributed by atoms with Crippen LogP contribution in [-0.4, -0.2) is 19.9 Å². The molecule has 1 aromatic heterocycles. The lowest BCUT2D eigenvalue weighted by Crippen LogP contribution is -2.47. The van der Waals surface area contributed by atoms with Crippen molar-refractivity contribution in [1.82, 2.24) is 9.88 Å². The van der Waals surface area contributed by atoms with Gasteiger partial charge in [0.25, 0.3) is 0 Å². The summed E-state index contributed by atoms with van der Waals surface area (Å²) in [7, 11) is -1.59. The zero-order valence-electron chi connectivity index (χ0n) is 15.4. The van der Waals surface area contributed by atoms with Crippen LogP contribution in [0.15, 0.2) is 29.0 Å². The van der Waals surface area contributed by atoms with Crippen LogP contribution in [-0.2, 0) is 16.5 Å². The van der Waals surface area contributed by atoms with Gasteiger partial charge < -0.3 is 4.52 Å². The highest BCUT2D eigenvalue weighted by Crippen LogP contribution is 2.31. The summed E-state index contributed by atoms with van der Waals surface area (Å²) in [6, 6.07) is 3.10. The maximum Gasteiger partial charge on any atom is 0.170 e. The summed E-state index contributed by atoms with van der Waals surface area (Å²) >= 11 is 0. The number of aryl methyl sites for hydroxylation is 1. The summed E-state index contributed by atoms with van der Waals surface area (Å²) in [5.74, 6) is -1.90. The van der Waals surface area contributed by atoms with Crippen molar-refractivity contribution in [2.75, 3.05) is 0 Å². The molecule has 2 rings (SSSR count). The fraction of sp³-hybridized carbons (Fsp3) is 0.444. The van der Waals surface area contributed by atoms with Crippen molar-refractivity contribution in [3.05, 3.63) is 52.9 Å². The van der Waals surface area contributed by atoms with E-state index in [-0.39, 0.29) is 23.3 Å². The number of hydrogen-bond donors (Lipinski definition) is 1. The summed E-state index contributed by atoms with van der Waals surface area (Å²) in [5, 5.41) is 3.67. The molecule has 1 unspecified atom stereocenters. The van der Waals surface area contributed by atoms with Gasteiger partial charge in [-0.05, 0) is 40.7 Å². The molecule has 0 fully saturated rings. The van der Waals surface area contributed by atoms with E-state index < -0.39 is 32.9 Å². The van der Waals surface area contributed by atoms with Gasteiger partial charge in [-0.25, -0.2) is 17.7 Å². The van der Waals surface area contributed by atoms with Crippen molar-refractivity contribution in [1.29, 1.82) is 0 Å². The predicted molar refractivity (Wildman–Crippen MR) is 94.9 cm³/mol. The Morgan fingerprint density at radius 3 is 2.42 bits per heavy atom. The molecule has 2 aromatic rings. The monoisotopic (exact) mass is 384 g/mol. The zero-order chi connectivity index (χ0) is 19.7. The number of benzene rings is 1. The molecule has 0 radical (unpaired) electrons. The first kappa shape index (κ1) is 20.4. The van der Waals surface area contributed by atoms with Crippen LogP contribution in [0, 0.1) is 18.6 Å². The van der Waals surface area contributed by atoms with Gasteiger partial charge in [-0.3, -0.25) is 4.79 Å². The van der Waals surface area contributed by atoms with Crippen LogP contribution in [0.25, 0.3) is 0 Å². The van der Waals surface area contributed by atoms with E-state index in [9.17, 15) is 17.8 Å². The Labute approximate surface area is 153 Å². The lowest BCUT2D eigenvalue weighted by atomic mass is 9.86. The molecule has 0 aliphatic carbocycles.